The Morgan fingerprint density at radius 3 is 2.53 bits per heavy atom. The lowest BCUT2D eigenvalue weighted by Gasteiger charge is -2.18. The Hall–Kier alpha value is 0.200. The maximum atomic E-state index is 5.49. The van der Waals surface area contributed by atoms with Crippen molar-refractivity contribution in [3.05, 3.63) is 21.0 Å². The van der Waals surface area contributed by atoms with Crippen LogP contribution in [0, 0.1) is 5.92 Å². The summed E-state index contributed by atoms with van der Waals surface area (Å²) in [6.45, 7) is 7.45. The normalized spacial score (nSPS) is 15.3. The van der Waals surface area contributed by atoms with Gasteiger partial charge in [0, 0.05) is 6.04 Å². The summed E-state index contributed by atoms with van der Waals surface area (Å²) >= 11 is 6.72. The molecule has 4 heteroatoms. The Morgan fingerprint density at radius 2 is 2.07 bits per heavy atom. The van der Waals surface area contributed by atoms with Gasteiger partial charge in [-0.1, -0.05) is 20.3 Å². The molecular weight excluding hydrogens is 322 g/mol. The highest BCUT2D eigenvalue weighted by molar-refractivity contribution is 9.13. The topological polar surface area (TPSA) is 25.2 Å². The average Bonchev–Trinajstić information content (AvgIpc) is 2.54. The van der Waals surface area contributed by atoms with Crippen molar-refractivity contribution in [2.45, 2.75) is 39.8 Å². The van der Waals surface area contributed by atoms with Gasteiger partial charge >= 0.3 is 0 Å². The summed E-state index contributed by atoms with van der Waals surface area (Å²) in [7, 11) is 0. The van der Waals surface area contributed by atoms with E-state index in [0.29, 0.717) is 12.0 Å². The van der Waals surface area contributed by atoms with E-state index in [1.165, 1.54) is 6.42 Å². The minimum Gasteiger partial charge on any atom is -0.452 e. The van der Waals surface area contributed by atoms with Crippen LogP contribution in [0.3, 0.4) is 0 Å². The lowest BCUT2D eigenvalue weighted by atomic mass is 10.0. The third-order valence-electron chi connectivity index (χ3n) is 2.79. The number of hydrogen-bond donors (Lipinski definition) is 1. The maximum Gasteiger partial charge on any atom is 0.183 e. The smallest absolute Gasteiger partial charge is 0.183 e. The van der Waals surface area contributed by atoms with Crippen LogP contribution in [-0.4, -0.2) is 6.04 Å². The van der Waals surface area contributed by atoms with Crippen molar-refractivity contribution in [1.82, 2.24) is 5.32 Å². The number of nitrogens with one attached hydrogen (secondary N) is 1. The van der Waals surface area contributed by atoms with E-state index in [1.807, 2.05) is 6.07 Å². The van der Waals surface area contributed by atoms with E-state index < -0.39 is 0 Å². The Kier molecular flexibility index (Phi) is 5.36. The fraction of sp³-hybridized carbons (Fsp3) is 0.636. The predicted molar refractivity (Wildman–Crippen MR) is 69.9 cm³/mol. The molecule has 0 saturated carbocycles. The van der Waals surface area contributed by atoms with Gasteiger partial charge in [0.15, 0.2) is 4.67 Å². The highest BCUT2D eigenvalue weighted by Gasteiger charge is 2.11. The zero-order chi connectivity index (χ0) is 11.4. The lowest BCUT2D eigenvalue weighted by molar-refractivity contribution is 0.367. The molecule has 1 heterocycles. The largest absolute Gasteiger partial charge is 0.452 e. The molecule has 86 valence electrons. The van der Waals surface area contributed by atoms with Crippen molar-refractivity contribution in [3.63, 3.8) is 0 Å². The van der Waals surface area contributed by atoms with Gasteiger partial charge in [-0.15, -0.1) is 0 Å². The van der Waals surface area contributed by atoms with E-state index in [9.17, 15) is 0 Å². The van der Waals surface area contributed by atoms with Crippen molar-refractivity contribution in [1.29, 1.82) is 0 Å². The van der Waals surface area contributed by atoms with Crippen LogP contribution in [-0.2, 0) is 6.54 Å². The highest BCUT2D eigenvalue weighted by Crippen LogP contribution is 2.26. The van der Waals surface area contributed by atoms with Crippen LogP contribution in [0.15, 0.2) is 19.6 Å². The van der Waals surface area contributed by atoms with Crippen LogP contribution in [0.4, 0.5) is 0 Å². The average molecular weight is 339 g/mol. The van der Waals surface area contributed by atoms with E-state index in [1.54, 1.807) is 0 Å². The van der Waals surface area contributed by atoms with Crippen molar-refractivity contribution in [2.75, 3.05) is 0 Å². The summed E-state index contributed by atoms with van der Waals surface area (Å²) in [4.78, 5) is 0. The Balaban J connectivity index is 2.43. The molecular formula is C11H17Br2NO. The Labute approximate surface area is 108 Å². The van der Waals surface area contributed by atoms with E-state index in [2.05, 4.69) is 57.9 Å². The minimum absolute atomic E-state index is 0.512. The van der Waals surface area contributed by atoms with Crippen LogP contribution < -0.4 is 5.32 Å². The molecule has 0 fully saturated rings. The number of rotatable bonds is 5. The molecule has 0 aliphatic heterocycles. The van der Waals surface area contributed by atoms with Gasteiger partial charge in [-0.3, -0.25) is 0 Å². The van der Waals surface area contributed by atoms with Crippen LogP contribution in [0.25, 0.3) is 0 Å². The summed E-state index contributed by atoms with van der Waals surface area (Å²) < 4.78 is 7.21. The fourth-order valence-electron chi connectivity index (χ4n) is 1.29. The molecule has 0 saturated heterocycles. The zero-order valence-corrected chi connectivity index (χ0v) is 12.5. The van der Waals surface area contributed by atoms with Crippen molar-refractivity contribution >= 4 is 31.9 Å². The molecule has 1 aromatic rings. The van der Waals surface area contributed by atoms with Gasteiger partial charge in [0.1, 0.15) is 5.76 Å². The molecule has 0 aliphatic rings. The molecule has 2 unspecified atom stereocenters. The molecule has 2 nitrogen and oxygen atoms in total. The second-order valence-electron chi connectivity index (χ2n) is 3.89. The standard InChI is InChI=1S/C11H17Br2NO/c1-4-7(2)8(3)14-6-9-5-10(12)11(13)15-9/h5,7-8,14H,4,6H2,1-3H3. The number of hydrogen-bond acceptors (Lipinski definition) is 2. The quantitative estimate of drug-likeness (QED) is 0.864. The van der Waals surface area contributed by atoms with E-state index in [-0.39, 0.29) is 0 Å². The van der Waals surface area contributed by atoms with E-state index in [4.69, 9.17) is 4.42 Å². The maximum absolute atomic E-state index is 5.49. The van der Waals surface area contributed by atoms with E-state index >= 15 is 0 Å². The molecule has 0 spiro atoms. The first kappa shape index (κ1) is 13.3. The van der Waals surface area contributed by atoms with Crippen LogP contribution >= 0.6 is 31.9 Å². The first-order chi connectivity index (χ1) is 7.04. The molecule has 0 aliphatic carbocycles. The second-order valence-corrected chi connectivity index (χ2v) is 5.46. The van der Waals surface area contributed by atoms with Crippen LogP contribution in [0.1, 0.15) is 33.0 Å². The fourth-order valence-corrected chi connectivity index (χ4v) is 1.95. The van der Waals surface area contributed by atoms with Gasteiger partial charge in [0.05, 0.1) is 11.0 Å². The number of halogens is 2. The molecule has 1 rings (SSSR count). The predicted octanol–water partition coefficient (Wildman–Crippen LogP) is 4.33. The lowest BCUT2D eigenvalue weighted by Crippen LogP contribution is -2.31. The second kappa shape index (κ2) is 6.06. The molecule has 0 radical (unpaired) electrons. The molecule has 0 bridgehead atoms. The van der Waals surface area contributed by atoms with Crippen molar-refractivity contribution < 1.29 is 4.42 Å². The summed E-state index contributed by atoms with van der Waals surface area (Å²) in [5.74, 6) is 1.63. The molecule has 0 aromatic carbocycles. The minimum atomic E-state index is 0.512. The number of furan rings is 1. The zero-order valence-electron chi connectivity index (χ0n) is 9.31. The van der Waals surface area contributed by atoms with Gasteiger partial charge in [-0.25, -0.2) is 0 Å². The summed E-state index contributed by atoms with van der Waals surface area (Å²) in [6.07, 6.45) is 1.19. The summed E-state index contributed by atoms with van der Waals surface area (Å²) in [5, 5.41) is 3.45. The molecule has 0 amide bonds. The highest BCUT2D eigenvalue weighted by atomic mass is 79.9. The van der Waals surface area contributed by atoms with Gasteiger partial charge in [-0.2, -0.15) is 0 Å². The third kappa shape index (κ3) is 3.93. The van der Waals surface area contributed by atoms with Crippen LogP contribution in [0.2, 0.25) is 0 Å². The molecule has 1 N–H and O–H groups in total. The molecule has 2 atom stereocenters. The van der Waals surface area contributed by atoms with E-state index in [0.717, 1.165) is 21.4 Å². The van der Waals surface area contributed by atoms with Gasteiger partial charge < -0.3 is 9.73 Å². The first-order valence-electron chi connectivity index (χ1n) is 5.21. The Bertz CT molecular complexity index is 292. The van der Waals surface area contributed by atoms with Crippen molar-refractivity contribution in [2.24, 2.45) is 5.92 Å². The SMILES string of the molecule is CCC(C)C(C)NCc1cc(Br)c(Br)o1. The monoisotopic (exact) mass is 337 g/mol. The van der Waals surface area contributed by atoms with Crippen molar-refractivity contribution in [3.8, 4) is 0 Å². The van der Waals surface area contributed by atoms with Crippen LogP contribution in [0.5, 0.6) is 0 Å². The first-order valence-corrected chi connectivity index (χ1v) is 6.80. The summed E-state index contributed by atoms with van der Waals surface area (Å²) in [6, 6.07) is 2.50. The summed E-state index contributed by atoms with van der Waals surface area (Å²) in [5.41, 5.74) is 0. The van der Waals surface area contributed by atoms with Gasteiger partial charge in [0.2, 0.25) is 0 Å². The Morgan fingerprint density at radius 1 is 1.40 bits per heavy atom. The third-order valence-corrected chi connectivity index (χ3v) is 4.50. The molecule has 1 aromatic heterocycles. The molecule has 15 heavy (non-hydrogen) atoms. The van der Waals surface area contributed by atoms with Gasteiger partial charge in [-0.05, 0) is 50.8 Å². The van der Waals surface area contributed by atoms with Gasteiger partial charge in [0.25, 0.3) is 0 Å².